The van der Waals surface area contributed by atoms with Gasteiger partial charge in [0, 0.05) is 35.9 Å². The van der Waals surface area contributed by atoms with Crippen molar-refractivity contribution < 1.29 is 9.90 Å². The fraction of sp³-hybridized carbons (Fsp3) is 0.133. The highest BCUT2D eigenvalue weighted by atomic mass is 16.3. The van der Waals surface area contributed by atoms with Crippen LogP contribution >= 0.6 is 0 Å². The Hall–Kier alpha value is -2.49. The molecule has 0 radical (unpaired) electrons. The van der Waals surface area contributed by atoms with Gasteiger partial charge in [0.1, 0.15) is 5.75 Å². The standard InChI is InChI=1S/C15H14N2O2/c1-17(2)15(19)14-12(18)8-7-11-13(14)9-5-3-4-6-10(9)16-11/h3-8,16,18H,1-2H3. The molecule has 0 bridgehead atoms. The molecule has 0 aliphatic rings. The van der Waals surface area contributed by atoms with Crippen LogP contribution in [0.5, 0.6) is 5.75 Å². The quantitative estimate of drug-likeness (QED) is 0.701. The van der Waals surface area contributed by atoms with Gasteiger partial charge in [-0.1, -0.05) is 18.2 Å². The highest BCUT2D eigenvalue weighted by molar-refractivity contribution is 6.19. The summed E-state index contributed by atoms with van der Waals surface area (Å²) in [4.78, 5) is 17.0. The van der Waals surface area contributed by atoms with Crippen molar-refractivity contribution in [3.8, 4) is 5.75 Å². The van der Waals surface area contributed by atoms with Crippen molar-refractivity contribution >= 4 is 27.7 Å². The van der Waals surface area contributed by atoms with Gasteiger partial charge in [-0.15, -0.1) is 0 Å². The van der Waals surface area contributed by atoms with E-state index < -0.39 is 0 Å². The number of carbonyl (C=O) groups is 1. The third kappa shape index (κ3) is 1.64. The van der Waals surface area contributed by atoms with E-state index in [0.717, 1.165) is 21.8 Å². The summed E-state index contributed by atoms with van der Waals surface area (Å²) in [7, 11) is 3.35. The first kappa shape index (κ1) is 11.6. The number of fused-ring (bicyclic) bond motifs is 3. The molecule has 1 aromatic heterocycles. The maximum absolute atomic E-state index is 12.3. The van der Waals surface area contributed by atoms with Gasteiger partial charge in [0.25, 0.3) is 5.91 Å². The van der Waals surface area contributed by atoms with Gasteiger partial charge in [-0.3, -0.25) is 4.79 Å². The van der Waals surface area contributed by atoms with Crippen molar-refractivity contribution in [1.29, 1.82) is 0 Å². The lowest BCUT2D eigenvalue weighted by molar-refractivity contribution is 0.0826. The number of H-pyrrole nitrogens is 1. The smallest absolute Gasteiger partial charge is 0.257 e. The number of nitrogens with zero attached hydrogens (tertiary/aromatic N) is 1. The minimum absolute atomic E-state index is 0.0101. The molecule has 0 aliphatic heterocycles. The van der Waals surface area contributed by atoms with E-state index in [2.05, 4.69) is 4.98 Å². The second-order valence-electron chi connectivity index (χ2n) is 4.75. The molecule has 0 fully saturated rings. The van der Waals surface area contributed by atoms with E-state index in [0.29, 0.717) is 5.56 Å². The minimum Gasteiger partial charge on any atom is -0.507 e. The van der Waals surface area contributed by atoms with Crippen molar-refractivity contribution in [3.63, 3.8) is 0 Å². The van der Waals surface area contributed by atoms with Crippen LogP contribution < -0.4 is 0 Å². The average molecular weight is 254 g/mol. The fourth-order valence-electron chi connectivity index (χ4n) is 2.37. The zero-order chi connectivity index (χ0) is 13.6. The number of phenols is 1. The highest BCUT2D eigenvalue weighted by Gasteiger charge is 2.19. The molecule has 0 atom stereocenters. The van der Waals surface area contributed by atoms with Crippen LogP contribution in [0.15, 0.2) is 36.4 Å². The van der Waals surface area contributed by atoms with Crippen LogP contribution in [0.4, 0.5) is 0 Å². The molecular weight excluding hydrogens is 240 g/mol. The van der Waals surface area contributed by atoms with Crippen LogP contribution in [-0.4, -0.2) is 35.0 Å². The summed E-state index contributed by atoms with van der Waals surface area (Å²) in [5.74, 6) is -0.191. The van der Waals surface area contributed by atoms with Gasteiger partial charge in [0.2, 0.25) is 0 Å². The molecule has 0 unspecified atom stereocenters. The first-order valence-electron chi connectivity index (χ1n) is 6.03. The zero-order valence-electron chi connectivity index (χ0n) is 10.8. The summed E-state index contributed by atoms with van der Waals surface area (Å²) in [6.07, 6.45) is 0. The number of hydrogen-bond acceptors (Lipinski definition) is 2. The van der Waals surface area contributed by atoms with Crippen LogP contribution in [0.25, 0.3) is 21.8 Å². The van der Waals surface area contributed by atoms with Gasteiger partial charge in [0.05, 0.1) is 5.56 Å². The van der Waals surface area contributed by atoms with Gasteiger partial charge in [-0.2, -0.15) is 0 Å². The van der Waals surface area contributed by atoms with E-state index in [1.54, 1.807) is 26.2 Å². The Kier molecular flexibility index (Phi) is 2.45. The molecule has 1 heterocycles. The predicted molar refractivity (Wildman–Crippen MR) is 75.5 cm³/mol. The largest absolute Gasteiger partial charge is 0.507 e. The van der Waals surface area contributed by atoms with E-state index >= 15 is 0 Å². The molecule has 2 N–H and O–H groups in total. The second kappa shape index (κ2) is 4.02. The van der Waals surface area contributed by atoms with Crippen LogP contribution in [0.3, 0.4) is 0 Å². The lowest BCUT2D eigenvalue weighted by Crippen LogP contribution is -2.22. The molecule has 0 spiro atoms. The molecule has 0 saturated heterocycles. The molecule has 1 amide bonds. The van der Waals surface area contributed by atoms with Crippen LogP contribution in [-0.2, 0) is 0 Å². The Balaban J connectivity index is 2.48. The number of benzene rings is 2. The molecule has 4 heteroatoms. The number of aromatic nitrogens is 1. The maximum Gasteiger partial charge on any atom is 0.257 e. The topological polar surface area (TPSA) is 56.3 Å². The van der Waals surface area contributed by atoms with E-state index in [4.69, 9.17) is 0 Å². The molecule has 2 aromatic carbocycles. The summed E-state index contributed by atoms with van der Waals surface area (Å²) in [6.45, 7) is 0. The zero-order valence-corrected chi connectivity index (χ0v) is 10.8. The van der Waals surface area contributed by atoms with Crippen molar-refractivity contribution in [1.82, 2.24) is 9.88 Å². The van der Waals surface area contributed by atoms with Gasteiger partial charge in [-0.25, -0.2) is 0 Å². The van der Waals surface area contributed by atoms with E-state index in [-0.39, 0.29) is 11.7 Å². The normalized spacial score (nSPS) is 11.1. The summed E-state index contributed by atoms with van der Waals surface area (Å²) < 4.78 is 0. The number of amides is 1. The van der Waals surface area contributed by atoms with Gasteiger partial charge >= 0.3 is 0 Å². The van der Waals surface area contributed by atoms with Gasteiger partial charge < -0.3 is 15.0 Å². The Morgan fingerprint density at radius 3 is 2.58 bits per heavy atom. The fourth-order valence-corrected chi connectivity index (χ4v) is 2.37. The Morgan fingerprint density at radius 2 is 1.84 bits per heavy atom. The summed E-state index contributed by atoms with van der Waals surface area (Å²) in [5.41, 5.74) is 2.15. The molecule has 96 valence electrons. The second-order valence-corrected chi connectivity index (χ2v) is 4.75. The van der Waals surface area contributed by atoms with Crippen molar-refractivity contribution in [2.24, 2.45) is 0 Å². The monoisotopic (exact) mass is 254 g/mol. The molecule has 0 saturated carbocycles. The predicted octanol–water partition coefficient (Wildman–Crippen LogP) is 2.73. The molecular formula is C15H14N2O2. The Labute approximate surface area is 110 Å². The first-order valence-corrected chi connectivity index (χ1v) is 6.03. The Bertz CT molecular complexity index is 787. The van der Waals surface area contributed by atoms with Crippen LogP contribution in [0.2, 0.25) is 0 Å². The van der Waals surface area contributed by atoms with E-state index in [1.807, 2.05) is 24.3 Å². The van der Waals surface area contributed by atoms with E-state index in [9.17, 15) is 9.90 Å². The maximum atomic E-state index is 12.3. The summed E-state index contributed by atoms with van der Waals surface area (Å²) in [5, 5.41) is 11.8. The highest BCUT2D eigenvalue weighted by Crippen LogP contribution is 2.33. The SMILES string of the molecule is CN(C)C(=O)c1c(O)ccc2[nH]c3ccccc3c12. The van der Waals surface area contributed by atoms with Crippen molar-refractivity contribution in [2.75, 3.05) is 14.1 Å². The molecule has 4 nitrogen and oxygen atoms in total. The number of nitrogens with one attached hydrogen (secondary N) is 1. The number of hydrogen-bond donors (Lipinski definition) is 2. The number of rotatable bonds is 1. The number of aromatic amines is 1. The van der Waals surface area contributed by atoms with E-state index in [1.165, 1.54) is 4.90 Å². The molecule has 3 rings (SSSR count). The number of carbonyl (C=O) groups excluding carboxylic acids is 1. The molecule has 3 aromatic rings. The third-order valence-electron chi connectivity index (χ3n) is 3.27. The molecule has 19 heavy (non-hydrogen) atoms. The third-order valence-corrected chi connectivity index (χ3v) is 3.27. The number of aromatic hydroxyl groups is 1. The summed E-state index contributed by atoms with van der Waals surface area (Å²) >= 11 is 0. The van der Waals surface area contributed by atoms with Crippen LogP contribution in [0.1, 0.15) is 10.4 Å². The van der Waals surface area contributed by atoms with Crippen molar-refractivity contribution in [2.45, 2.75) is 0 Å². The number of phenolic OH excluding ortho intramolecular Hbond substituents is 1. The first-order chi connectivity index (χ1) is 9.09. The average Bonchev–Trinajstić information content (AvgIpc) is 2.76. The lowest BCUT2D eigenvalue weighted by atomic mass is 10.0. The van der Waals surface area contributed by atoms with Crippen molar-refractivity contribution in [3.05, 3.63) is 42.0 Å². The lowest BCUT2D eigenvalue weighted by Gasteiger charge is -2.12. The minimum atomic E-state index is -0.201. The Morgan fingerprint density at radius 1 is 1.11 bits per heavy atom. The van der Waals surface area contributed by atoms with Gasteiger partial charge in [0.15, 0.2) is 0 Å². The molecule has 0 aliphatic carbocycles. The summed E-state index contributed by atoms with van der Waals surface area (Å²) in [6, 6.07) is 11.1. The van der Waals surface area contributed by atoms with Gasteiger partial charge in [-0.05, 0) is 18.2 Å². The number of para-hydroxylation sites is 1. The van der Waals surface area contributed by atoms with Crippen LogP contribution in [0, 0.1) is 0 Å².